The molecule has 0 amide bonds. The Balaban J connectivity index is 2.13. The third-order valence-corrected chi connectivity index (χ3v) is 7.02. The third kappa shape index (κ3) is 2.51. The molecule has 0 bridgehead atoms. The highest BCUT2D eigenvalue weighted by Gasteiger charge is 2.40. The van der Waals surface area contributed by atoms with Crippen molar-refractivity contribution < 1.29 is 19.0 Å². The number of rotatable bonds is 2. The molecule has 0 aliphatic carbocycles. The average molecular weight is 355 g/mol. The number of carbonyl (C=O) groups is 1. The molecule has 22 heavy (non-hydrogen) atoms. The maximum Gasteiger partial charge on any atom is 0.310 e. The number of benzene rings is 2. The van der Waals surface area contributed by atoms with Crippen LogP contribution in [-0.2, 0) is 27.1 Å². The van der Waals surface area contributed by atoms with Gasteiger partial charge in [0.15, 0.2) is 0 Å². The lowest BCUT2D eigenvalue weighted by molar-refractivity contribution is -0.138. The van der Waals surface area contributed by atoms with Gasteiger partial charge in [0.2, 0.25) is 19.6 Å². The van der Waals surface area contributed by atoms with Crippen molar-refractivity contribution in [2.45, 2.75) is 32.4 Å². The van der Waals surface area contributed by atoms with Crippen molar-refractivity contribution in [1.82, 2.24) is 0 Å². The molecule has 0 aromatic heterocycles. The maximum atomic E-state index is 12.7. The van der Waals surface area contributed by atoms with Crippen molar-refractivity contribution in [2.24, 2.45) is 0 Å². The summed E-state index contributed by atoms with van der Waals surface area (Å²) in [6.07, 6.45) is 0. The van der Waals surface area contributed by atoms with E-state index in [-0.39, 0.29) is 0 Å². The second-order valence-electron chi connectivity index (χ2n) is 4.89. The standard InChI is InChI=1S/C15H11ClO4S2/c1-8(15(17)18)9-2-4-11-13(6-9)22(20)14-7-10(16)3-5-12(14)21(11)19/h2-8H,1H3,(H,17,18). The van der Waals surface area contributed by atoms with Gasteiger partial charge in [-0.25, -0.2) is 0 Å². The van der Waals surface area contributed by atoms with Gasteiger partial charge in [-0.2, -0.15) is 0 Å². The second-order valence-corrected chi connectivity index (χ2v) is 8.17. The Bertz CT molecular complexity index is 765. The quantitative estimate of drug-likeness (QED) is 0.839. The minimum Gasteiger partial charge on any atom is -0.606 e. The zero-order valence-corrected chi connectivity index (χ0v) is 13.8. The lowest BCUT2D eigenvalue weighted by Crippen LogP contribution is -2.20. The zero-order chi connectivity index (χ0) is 16.0. The molecule has 0 saturated carbocycles. The van der Waals surface area contributed by atoms with Crippen LogP contribution in [0.2, 0.25) is 5.02 Å². The molecule has 3 unspecified atom stereocenters. The van der Waals surface area contributed by atoms with E-state index in [2.05, 4.69) is 0 Å². The molecule has 114 valence electrons. The first-order valence-corrected chi connectivity index (χ1v) is 9.07. The van der Waals surface area contributed by atoms with Crippen LogP contribution in [-0.4, -0.2) is 20.2 Å². The summed E-state index contributed by atoms with van der Waals surface area (Å²) in [5, 5.41) is 9.52. The van der Waals surface area contributed by atoms with Gasteiger partial charge in [-0.3, -0.25) is 4.79 Å². The molecular formula is C15H11ClO4S2. The van der Waals surface area contributed by atoms with Crippen LogP contribution in [0.1, 0.15) is 18.4 Å². The zero-order valence-electron chi connectivity index (χ0n) is 11.4. The molecule has 4 nitrogen and oxygen atoms in total. The van der Waals surface area contributed by atoms with Gasteiger partial charge in [0.1, 0.15) is 0 Å². The van der Waals surface area contributed by atoms with Crippen molar-refractivity contribution in [2.75, 3.05) is 0 Å². The largest absolute Gasteiger partial charge is 0.606 e. The van der Waals surface area contributed by atoms with Crippen LogP contribution in [0.15, 0.2) is 56.0 Å². The van der Waals surface area contributed by atoms with Gasteiger partial charge in [-0.05, 0) is 24.6 Å². The molecule has 1 heterocycles. The molecular weight excluding hydrogens is 344 g/mol. The first-order valence-electron chi connectivity index (χ1n) is 6.40. The number of carboxylic acids is 1. The highest BCUT2D eigenvalue weighted by atomic mass is 35.5. The number of aliphatic carboxylic acids is 1. The van der Waals surface area contributed by atoms with Crippen molar-refractivity contribution in [3.63, 3.8) is 0 Å². The summed E-state index contributed by atoms with van der Waals surface area (Å²) >= 11 is 2.95. The van der Waals surface area contributed by atoms with Crippen molar-refractivity contribution in [3.8, 4) is 0 Å². The van der Waals surface area contributed by atoms with E-state index < -0.39 is 34.2 Å². The summed E-state index contributed by atoms with van der Waals surface area (Å²) in [5.74, 6) is -1.69. The van der Waals surface area contributed by atoms with Crippen molar-refractivity contribution in [1.29, 1.82) is 0 Å². The molecule has 3 atom stereocenters. The van der Waals surface area contributed by atoms with Gasteiger partial charge in [0.05, 0.1) is 5.92 Å². The highest BCUT2D eigenvalue weighted by Crippen LogP contribution is 2.42. The molecule has 0 radical (unpaired) electrons. The number of hydrogen-bond acceptors (Lipinski definition) is 3. The van der Waals surface area contributed by atoms with Crippen LogP contribution < -0.4 is 0 Å². The Morgan fingerprint density at radius 2 is 1.59 bits per heavy atom. The number of carboxylic acid groups (broad SMARTS) is 1. The van der Waals surface area contributed by atoms with E-state index in [4.69, 9.17) is 16.7 Å². The van der Waals surface area contributed by atoms with Gasteiger partial charge >= 0.3 is 5.97 Å². The lowest BCUT2D eigenvalue weighted by atomic mass is 10.0. The number of halogens is 1. The van der Waals surface area contributed by atoms with Gasteiger partial charge in [0.25, 0.3) is 0 Å². The van der Waals surface area contributed by atoms with E-state index in [0.29, 0.717) is 30.2 Å². The predicted molar refractivity (Wildman–Crippen MR) is 83.3 cm³/mol. The van der Waals surface area contributed by atoms with E-state index >= 15 is 0 Å². The van der Waals surface area contributed by atoms with Crippen molar-refractivity contribution in [3.05, 3.63) is 47.0 Å². The molecule has 0 saturated heterocycles. The molecule has 2 aromatic carbocycles. The molecule has 0 spiro atoms. The Morgan fingerprint density at radius 1 is 1.05 bits per heavy atom. The minimum atomic E-state index is -1.53. The molecule has 1 N–H and O–H groups in total. The normalized spacial score (nSPS) is 20.9. The topological polar surface area (TPSA) is 83.4 Å². The van der Waals surface area contributed by atoms with Crippen LogP contribution in [0.4, 0.5) is 0 Å². The van der Waals surface area contributed by atoms with Crippen LogP contribution >= 0.6 is 11.6 Å². The first-order chi connectivity index (χ1) is 10.4. The van der Waals surface area contributed by atoms with E-state index in [9.17, 15) is 13.9 Å². The molecule has 7 heteroatoms. The van der Waals surface area contributed by atoms with Gasteiger partial charge in [-0.15, -0.1) is 0 Å². The van der Waals surface area contributed by atoms with Crippen LogP contribution in [0.5, 0.6) is 0 Å². The molecule has 2 aromatic rings. The first kappa shape index (κ1) is 15.7. The smallest absolute Gasteiger partial charge is 0.310 e. The Hall–Kier alpha value is -1.18. The average Bonchev–Trinajstić information content (AvgIpc) is 2.51. The van der Waals surface area contributed by atoms with Gasteiger partial charge in [0, 0.05) is 45.6 Å². The second kappa shape index (κ2) is 5.79. The fourth-order valence-corrected chi connectivity index (χ4v) is 5.72. The summed E-state index contributed by atoms with van der Waals surface area (Å²) < 4.78 is 25.3. The maximum absolute atomic E-state index is 12.7. The van der Waals surface area contributed by atoms with Crippen molar-refractivity contribution >= 4 is 39.9 Å². The lowest BCUT2D eigenvalue weighted by Gasteiger charge is -2.23. The number of hydrogen-bond donors (Lipinski definition) is 1. The molecule has 3 rings (SSSR count). The number of fused-ring (bicyclic) bond motifs is 2. The van der Waals surface area contributed by atoms with Crippen LogP contribution in [0, 0.1) is 0 Å². The predicted octanol–water partition coefficient (Wildman–Crippen LogP) is 3.17. The fourth-order valence-electron chi connectivity index (χ4n) is 2.25. The summed E-state index contributed by atoms with van der Waals surface area (Å²) in [7, 11) is 0. The fraction of sp³-hybridized carbons (Fsp3) is 0.133. The molecule has 1 aliphatic heterocycles. The van der Waals surface area contributed by atoms with E-state index in [0.717, 1.165) is 0 Å². The Labute approximate surface area is 138 Å². The SMILES string of the molecule is CC(C(=O)O)c1ccc2c(c1)[S+]([O-])c1cc(Cl)ccc1[S+]2[O-]. The van der Waals surface area contributed by atoms with E-state index in [1.54, 1.807) is 43.3 Å². The summed E-state index contributed by atoms with van der Waals surface area (Å²) in [5.41, 5.74) is 0.530. The van der Waals surface area contributed by atoms with E-state index in [1.807, 2.05) is 0 Å². The summed E-state index contributed by atoms with van der Waals surface area (Å²) in [4.78, 5) is 12.8. The molecule has 1 aliphatic rings. The Morgan fingerprint density at radius 3 is 2.23 bits per heavy atom. The van der Waals surface area contributed by atoms with E-state index in [1.165, 1.54) is 0 Å². The molecule has 0 fully saturated rings. The third-order valence-electron chi connectivity index (χ3n) is 3.54. The van der Waals surface area contributed by atoms with Crippen LogP contribution in [0.3, 0.4) is 0 Å². The minimum absolute atomic E-state index is 0.388. The van der Waals surface area contributed by atoms with Gasteiger partial charge < -0.3 is 14.2 Å². The van der Waals surface area contributed by atoms with Gasteiger partial charge in [-0.1, -0.05) is 17.7 Å². The highest BCUT2D eigenvalue weighted by molar-refractivity contribution is 7.97. The summed E-state index contributed by atoms with van der Waals surface area (Å²) in [6.45, 7) is 1.55. The Kier molecular flexibility index (Phi) is 4.13. The summed E-state index contributed by atoms with van der Waals surface area (Å²) in [6, 6.07) is 9.54. The van der Waals surface area contributed by atoms with Crippen LogP contribution in [0.25, 0.3) is 0 Å². The monoisotopic (exact) mass is 354 g/mol.